The van der Waals surface area contributed by atoms with E-state index < -0.39 is 0 Å². The molecule has 0 aromatic heterocycles. The molecule has 2 aliphatic heterocycles. The van der Waals surface area contributed by atoms with Gasteiger partial charge in [0.05, 0.1) is 34.4 Å². The summed E-state index contributed by atoms with van der Waals surface area (Å²) < 4.78 is 12.3. The number of quaternary nitrogens is 1. The number of hydrogen-bond acceptors (Lipinski definition) is 2. The molecule has 1 aromatic carbocycles. The van der Waals surface area contributed by atoms with Crippen molar-refractivity contribution in [2.75, 3.05) is 34.4 Å². The van der Waals surface area contributed by atoms with Crippen molar-refractivity contribution in [3.8, 4) is 11.5 Å². The van der Waals surface area contributed by atoms with Crippen LogP contribution in [0, 0.1) is 11.8 Å². The van der Waals surface area contributed by atoms with E-state index in [9.17, 15) is 0 Å². The van der Waals surface area contributed by atoms with Crippen molar-refractivity contribution in [1.82, 2.24) is 0 Å². The Morgan fingerprint density at radius 2 is 1.74 bits per heavy atom. The third-order valence-corrected chi connectivity index (χ3v) is 6.20. The zero-order valence-corrected chi connectivity index (χ0v) is 16.6. The minimum absolute atomic E-state index is 0. The third kappa shape index (κ3) is 2.58. The lowest BCUT2D eigenvalue weighted by atomic mass is 9.77. The van der Waals surface area contributed by atoms with Gasteiger partial charge < -0.3 is 14.0 Å². The largest absolute Gasteiger partial charge is 0.493 e. The molecule has 1 aliphatic carbocycles. The van der Waals surface area contributed by atoms with Crippen molar-refractivity contribution in [2.45, 2.75) is 25.3 Å². The second-order valence-corrected chi connectivity index (χ2v) is 7.35. The van der Waals surface area contributed by atoms with Gasteiger partial charge in [0, 0.05) is 23.8 Å². The van der Waals surface area contributed by atoms with Gasteiger partial charge in [0.2, 0.25) is 0 Å². The summed E-state index contributed by atoms with van der Waals surface area (Å²) in [6.45, 7) is 2.58. The second kappa shape index (κ2) is 6.28. The Labute approximate surface area is 156 Å². The minimum atomic E-state index is 0. The number of ether oxygens (including phenoxy) is 2. The summed E-state index contributed by atoms with van der Waals surface area (Å²) in [6, 6.07) is 5.09. The maximum absolute atomic E-state index is 5.57. The number of hydrogen-bond donors (Lipinski definition) is 0. The van der Waals surface area contributed by atoms with Crippen molar-refractivity contribution in [1.29, 1.82) is 0 Å². The van der Waals surface area contributed by atoms with Crippen molar-refractivity contribution in [2.24, 2.45) is 11.8 Å². The van der Waals surface area contributed by atoms with Gasteiger partial charge in [-0.1, -0.05) is 12.2 Å². The first kappa shape index (κ1) is 17.1. The molecule has 4 heteroatoms. The topological polar surface area (TPSA) is 18.5 Å². The summed E-state index contributed by atoms with van der Waals surface area (Å²) in [4.78, 5) is 0. The highest BCUT2D eigenvalue weighted by molar-refractivity contribution is 14.0. The summed E-state index contributed by atoms with van der Waals surface area (Å²) >= 11 is 0. The summed E-state index contributed by atoms with van der Waals surface area (Å²) in [6.07, 6.45) is 8.43. The van der Waals surface area contributed by atoms with E-state index in [1.807, 2.05) is 0 Å². The predicted molar refractivity (Wildman–Crippen MR) is 103 cm³/mol. The minimum Gasteiger partial charge on any atom is -0.493 e. The molecule has 4 rings (SSSR count). The molecule has 0 amide bonds. The Morgan fingerprint density at radius 1 is 1.04 bits per heavy atom. The highest BCUT2D eigenvalue weighted by Crippen LogP contribution is 2.53. The molecule has 4 atom stereocenters. The van der Waals surface area contributed by atoms with Gasteiger partial charge in [-0.2, -0.15) is 0 Å². The highest BCUT2D eigenvalue weighted by Gasteiger charge is 2.54. The normalized spacial score (nSPS) is 34.0. The van der Waals surface area contributed by atoms with Crippen molar-refractivity contribution < 1.29 is 14.0 Å². The monoisotopic (exact) mass is 428 g/mol. The molecule has 0 saturated carbocycles. The first-order chi connectivity index (χ1) is 10.7. The van der Waals surface area contributed by atoms with Gasteiger partial charge in [-0.25, -0.2) is 0 Å². The van der Waals surface area contributed by atoms with Crippen LogP contribution in [0.1, 0.15) is 30.0 Å². The molecule has 1 fully saturated rings. The van der Waals surface area contributed by atoms with Crippen LogP contribution in [-0.4, -0.2) is 38.8 Å². The van der Waals surface area contributed by atoms with E-state index in [1.54, 1.807) is 14.2 Å². The number of nitrogens with zero attached hydrogens (tertiary/aromatic N) is 1. The van der Waals surface area contributed by atoms with Crippen LogP contribution in [0.5, 0.6) is 11.5 Å². The van der Waals surface area contributed by atoms with Gasteiger partial charge in [-0.05, 0) is 30.5 Å². The average Bonchev–Trinajstić information content (AvgIpc) is 2.85. The van der Waals surface area contributed by atoms with Gasteiger partial charge >= 0.3 is 0 Å². The van der Waals surface area contributed by atoms with Crippen molar-refractivity contribution in [3.63, 3.8) is 0 Å². The van der Waals surface area contributed by atoms with Crippen LogP contribution >= 0.6 is 24.0 Å². The molecule has 4 unspecified atom stereocenters. The maximum Gasteiger partial charge on any atom is 0.161 e. The molecule has 3 aliphatic rings. The summed E-state index contributed by atoms with van der Waals surface area (Å²) in [7, 11) is 5.93. The van der Waals surface area contributed by atoms with Crippen LogP contribution < -0.4 is 9.47 Å². The van der Waals surface area contributed by atoms with Crippen LogP contribution in [0.25, 0.3) is 0 Å². The summed E-state index contributed by atoms with van der Waals surface area (Å²) in [5.41, 5.74) is 2.97. The fraction of sp³-hybridized carbons (Fsp3) is 0.579. The van der Waals surface area contributed by atoms with E-state index in [1.165, 1.54) is 41.5 Å². The SMILES string of the molecule is COc1cc2c(cc1OC)C1C3CC=CCC3C[N+]1(C)CC2.I. The van der Waals surface area contributed by atoms with Crippen LogP contribution in [-0.2, 0) is 6.42 Å². The molecule has 0 bridgehead atoms. The Morgan fingerprint density at radius 3 is 2.48 bits per heavy atom. The number of allylic oxidation sites excluding steroid dienone is 2. The fourth-order valence-corrected chi connectivity index (χ4v) is 5.20. The summed E-state index contributed by atoms with van der Waals surface area (Å²) in [5.74, 6) is 3.38. The quantitative estimate of drug-likeness (QED) is 0.404. The molecule has 0 radical (unpaired) electrons. The molecule has 1 saturated heterocycles. The Kier molecular flexibility index (Phi) is 4.67. The van der Waals surface area contributed by atoms with Gasteiger partial charge in [0.15, 0.2) is 11.5 Å². The second-order valence-electron chi connectivity index (χ2n) is 7.35. The molecular weight excluding hydrogens is 401 g/mol. The smallest absolute Gasteiger partial charge is 0.161 e. The van der Waals surface area contributed by atoms with Crippen LogP contribution in [0.4, 0.5) is 0 Å². The zero-order valence-electron chi connectivity index (χ0n) is 14.2. The number of halogens is 1. The summed E-state index contributed by atoms with van der Waals surface area (Å²) in [5, 5.41) is 0. The van der Waals surface area contributed by atoms with Gasteiger partial charge in [0.25, 0.3) is 0 Å². The average molecular weight is 428 g/mol. The molecular formula is C19H27INO2+. The maximum atomic E-state index is 5.57. The Hall–Kier alpha value is -0.750. The highest BCUT2D eigenvalue weighted by atomic mass is 127. The number of likely N-dealkylation sites (N-methyl/N-ethyl adjacent to an activating group) is 1. The molecule has 3 nitrogen and oxygen atoms in total. The molecule has 2 heterocycles. The molecule has 126 valence electrons. The molecule has 0 N–H and O–H groups in total. The lowest BCUT2D eigenvalue weighted by molar-refractivity contribution is -0.931. The van der Waals surface area contributed by atoms with E-state index in [2.05, 4.69) is 31.3 Å². The number of fused-ring (bicyclic) bond motifs is 5. The fourth-order valence-electron chi connectivity index (χ4n) is 5.20. The first-order valence-corrected chi connectivity index (χ1v) is 8.40. The van der Waals surface area contributed by atoms with E-state index in [4.69, 9.17) is 9.47 Å². The van der Waals surface area contributed by atoms with Gasteiger partial charge in [0.1, 0.15) is 6.04 Å². The predicted octanol–water partition coefficient (Wildman–Crippen LogP) is 3.96. The van der Waals surface area contributed by atoms with E-state index in [0.717, 1.165) is 29.8 Å². The van der Waals surface area contributed by atoms with Gasteiger partial charge in [-0.3, -0.25) is 0 Å². The van der Waals surface area contributed by atoms with Gasteiger partial charge in [-0.15, -0.1) is 24.0 Å². The third-order valence-electron chi connectivity index (χ3n) is 6.20. The van der Waals surface area contributed by atoms with Crippen LogP contribution in [0.2, 0.25) is 0 Å². The van der Waals surface area contributed by atoms with Crippen LogP contribution in [0.3, 0.4) is 0 Å². The van der Waals surface area contributed by atoms with Crippen LogP contribution in [0.15, 0.2) is 24.3 Å². The lowest BCUT2D eigenvalue weighted by Gasteiger charge is -2.42. The van der Waals surface area contributed by atoms with Crippen molar-refractivity contribution >= 4 is 24.0 Å². The van der Waals surface area contributed by atoms with E-state index in [-0.39, 0.29) is 24.0 Å². The Bertz CT molecular complexity index is 630. The Balaban J connectivity index is 0.00000156. The lowest BCUT2D eigenvalue weighted by Crippen LogP contribution is -2.48. The number of methoxy groups -OCH3 is 2. The van der Waals surface area contributed by atoms with E-state index >= 15 is 0 Å². The molecule has 0 spiro atoms. The van der Waals surface area contributed by atoms with Crippen molar-refractivity contribution in [3.05, 3.63) is 35.4 Å². The molecule has 23 heavy (non-hydrogen) atoms. The zero-order chi connectivity index (χ0) is 15.3. The number of rotatable bonds is 2. The van der Waals surface area contributed by atoms with E-state index in [0.29, 0.717) is 6.04 Å². The number of benzene rings is 1. The first-order valence-electron chi connectivity index (χ1n) is 8.40. The standard InChI is InChI=1S/C19H26NO2.HI/c1-20-9-8-13-10-17(21-2)18(22-3)11-16(13)19(20)15-7-5-4-6-14(15)12-20;/h4-5,10-11,14-15,19H,6-9,12H2,1-3H3;1H/q+1;. The molecule has 1 aromatic rings.